The predicted octanol–water partition coefficient (Wildman–Crippen LogP) is 2.38. The second-order valence-electron chi connectivity index (χ2n) is 5.75. The van der Waals surface area contributed by atoms with Gasteiger partial charge in [0.25, 0.3) is 5.91 Å². The first-order chi connectivity index (χ1) is 11.9. The van der Waals surface area contributed by atoms with Crippen LogP contribution in [0.3, 0.4) is 0 Å². The number of carbonyl (C=O) groups excluding carboxylic acids is 2. The van der Waals surface area contributed by atoms with E-state index in [2.05, 4.69) is 10.6 Å². The smallest absolute Gasteiger partial charge is 0.326 e. The van der Waals surface area contributed by atoms with E-state index in [1.165, 1.54) is 19.1 Å². The highest BCUT2D eigenvalue weighted by Gasteiger charge is 2.21. The Morgan fingerprint density at radius 1 is 1.04 bits per heavy atom. The summed E-state index contributed by atoms with van der Waals surface area (Å²) in [5, 5.41) is 14.5. The van der Waals surface area contributed by atoms with Crippen molar-refractivity contribution in [1.29, 1.82) is 0 Å². The quantitative estimate of drug-likeness (QED) is 0.752. The fourth-order valence-corrected chi connectivity index (χ4v) is 2.41. The number of aliphatic carboxylic acids is 1. The van der Waals surface area contributed by atoms with E-state index in [1.807, 2.05) is 31.2 Å². The Bertz CT molecular complexity index is 784. The number of carboxylic acid groups (broad SMARTS) is 1. The number of nitrogens with one attached hydrogen (secondary N) is 2. The van der Waals surface area contributed by atoms with Gasteiger partial charge in [0.05, 0.1) is 0 Å². The first-order valence-corrected chi connectivity index (χ1v) is 7.82. The molecule has 0 heterocycles. The number of benzene rings is 2. The highest BCUT2D eigenvalue weighted by atomic mass is 16.4. The third-order valence-electron chi connectivity index (χ3n) is 3.76. The van der Waals surface area contributed by atoms with Crippen LogP contribution in [0.5, 0.6) is 0 Å². The fraction of sp³-hybridized carbons (Fsp3) is 0.211. The van der Waals surface area contributed by atoms with Crippen LogP contribution in [0.25, 0.3) is 0 Å². The molecule has 0 radical (unpaired) electrons. The van der Waals surface area contributed by atoms with Gasteiger partial charge in [0.1, 0.15) is 6.04 Å². The lowest BCUT2D eigenvalue weighted by molar-refractivity contribution is -0.139. The molecule has 0 aliphatic rings. The molecule has 2 rings (SSSR count). The molecule has 130 valence electrons. The molecular formula is C19H20N2O4. The molecule has 0 aliphatic heterocycles. The third kappa shape index (κ3) is 5.17. The number of amides is 2. The van der Waals surface area contributed by atoms with E-state index in [-0.39, 0.29) is 12.3 Å². The summed E-state index contributed by atoms with van der Waals surface area (Å²) in [7, 11) is 0. The Balaban J connectivity index is 2.08. The number of hydrogen-bond donors (Lipinski definition) is 3. The lowest BCUT2D eigenvalue weighted by Crippen LogP contribution is -2.42. The zero-order chi connectivity index (χ0) is 18.4. The molecule has 0 bridgehead atoms. The molecule has 0 saturated heterocycles. The molecule has 0 aliphatic carbocycles. The predicted molar refractivity (Wildman–Crippen MR) is 94.5 cm³/mol. The lowest BCUT2D eigenvalue weighted by Gasteiger charge is -2.16. The van der Waals surface area contributed by atoms with Gasteiger partial charge in [0, 0.05) is 24.6 Å². The van der Waals surface area contributed by atoms with Gasteiger partial charge in [-0.3, -0.25) is 9.59 Å². The average Bonchev–Trinajstić information content (AvgIpc) is 2.56. The Morgan fingerprint density at radius 3 is 2.24 bits per heavy atom. The lowest BCUT2D eigenvalue weighted by atomic mass is 10.0. The summed E-state index contributed by atoms with van der Waals surface area (Å²) in [6.45, 7) is 3.29. The second kappa shape index (κ2) is 8.10. The van der Waals surface area contributed by atoms with Gasteiger partial charge in [-0.1, -0.05) is 24.3 Å². The van der Waals surface area contributed by atoms with Gasteiger partial charge in [-0.05, 0) is 42.3 Å². The molecule has 0 unspecified atom stereocenters. The molecule has 3 N–H and O–H groups in total. The SMILES string of the molecule is CC(=O)Nc1ccc(C(=O)N[C@H](Cc2ccccc2C)C(=O)O)cc1. The Hall–Kier alpha value is -3.15. The second-order valence-corrected chi connectivity index (χ2v) is 5.75. The summed E-state index contributed by atoms with van der Waals surface area (Å²) in [6, 6.07) is 12.7. The van der Waals surface area contributed by atoms with Gasteiger partial charge in [0.2, 0.25) is 5.91 Å². The van der Waals surface area contributed by atoms with Gasteiger partial charge < -0.3 is 15.7 Å². The monoisotopic (exact) mass is 340 g/mol. The third-order valence-corrected chi connectivity index (χ3v) is 3.76. The van der Waals surface area contributed by atoms with E-state index >= 15 is 0 Å². The number of rotatable bonds is 6. The van der Waals surface area contributed by atoms with Crippen molar-refractivity contribution in [3.05, 3.63) is 65.2 Å². The number of anilines is 1. The molecule has 6 nitrogen and oxygen atoms in total. The average molecular weight is 340 g/mol. The summed E-state index contributed by atoms with van der Waals surface area (Å²) < 4.78 is 0. The molecule has 2 aromatic rings. The van der Waals surface area contributed by atoms with E-state index in [9.17, 15) is 19.5 Å². The van der Waals surface area contributed by atoms with E-state index in [4.69, 9.17) is 0 Å². The van der Waals surface area contributed by atoms with Crippen molar-refractivity contribution >= 4 is 23.5 Å². The summed E-state index contributed by atoms with van der Waals surface area (Å²) >= 11 is 0. The number of carbonyl (C=O) groups is 3. The molecular weight excluding hydrogens is 320 g/mol. The molecule has 1 atom stereocenters. The fourth-order valence-electron chi connectivity index (χ4n) is 2.41. The van der Waals surface area contributed by atoms with Crippen molar-refractivity contribution in [2.75, 3.05) is 5.32 Å². The van der Waals surface area contributed by atoms with Crippen LogP contribution in [-0.4, -0.2) is 28.9 Å². The molecule has 25 heavy (non-hydrogen) atoms. The van der Waals surface area contributed by atoms with E-state index in [0.29, 0.717) is 11.3 Å². The maximum Gasteiger partial charge on any atom is 0.326 e. The van der Waals surface area contributed by atoms with Crippen LogP contribution >= 0.6 is 0 Å². The van der Waals surface area contributed by atoms with Gasteiger partial charge in [-0.15, -0.1) is 0 Å². The van der Waals surface area contributed by atoms with Crippen LogP contribution in [-0.2, 0) is 16.0 Å². The van der Waals surface area contributed by atoms with Crippen molar-refractivity contribution in [1.82, 2.24) is 5.32 Å². The molecule has 0 spiro atoms. The van der Waals surface area contributed by atoms with Crippen molar-refractivity contribution in [2.45, 2.75) is 26.3 Å². The highest BCUT2D eigenvalue weighted by molar-refractivity contribution is 5.97. The summed E-state index contributed by atoms with van der Waals surface area (Å²) in [5.74, 6) is -1.77. The highest BCUT2D eigenvalue weighted by Crippen LogP contribution is 2.12. The minimum Gasteiger partial charge on any atom is -0.480 e. The van der Waals surface area contributed by atoms with Crippen LogP contribution in [0.4, 0.5) is 5.69 Å². The van der Waals surface area contributed by atoms with Crippen LogP contribution < -0.4 is 10.6 Å². The molecule has 2 amide bonds. The summed E-state index contributed by atoms with van der Waals surface area (Å²) in [6.07, 6.45) is 0.206. The standard InChI is InChI=1S/C19H20N2O4/c1-12-5-3-4-6-15(12)11-17(19(24)25)21-18(23)14-7-9-16(10-8-14)20-13(2)22/h3-10,17H,11H2,1-2H3,(H,20,22)(H,21,23)(H,24,25)/t17-/m1/s1. The van der Waals surface area contributed by atoms with Crippen molar-refractivity contribution in [3.8, 4) is 0 Å². The molecule has 0 aromatic heterocycles. The first-order valence-electron chi connectivity index (χ1n) is 7.82. The first kappa shape index (κ1) is 18.2. The van der Waals surface area contributed by atoms with Crippen LogP contribution in [0.1, 0.15) is 28.4 Å². The molecule has 0 saturated carbocycles. The minimum atomic E-state index is -1.09. The van der Waals surface area contributed by atoms with Crippen molar-refractivity contribution in [2.24, 2.45) is 0 Å². The summed E-state index contributed by atoms with van der Waals surface area (Å²) in [5.41, 5.74) is 2.74. The zero-order valence-electron chi connectivity index (χ0n) is 14.1. The van der Waals surface area contributed by atoms with Gasteiger partial charge >= 0.3 is 5.97 Å². The van der Waals surface area contributed by atoms with E-state index < -0.39 is 17.9 Å². The van der Waals surface area contributed by atoms with E-state index in [0.717, 1.165) is 11.1 Å². The van der Waals surface area contributed by atoms with Crippen LogP contribution in [0.15, 0.2) is 48.5 Å². The maximum atomic E-state index is 12.3. The Kier molecular flexibility index (Phi) is 5.89. The van der Waals surface area contributed by atoms with Gasteiger partial charge in [0.15, 0.2) is 0 Å². The minimum absolute atomic E-state index is 0.206. The maximum absolute atomic E-state index is 12.3. The number of hydrogen-bond acceptors (Lipinski definition) is 3. The Morgan fingerprint density at radius 2 is 1.68 bits per heavy atom. The van der Waals surface area contributed by atoms with E-state index in [1.54, 1.807) is 12.1 Å². The Labute approximate surface area is 145 Å². The van der Waals surface area contributed by atoms with Gasteiger partial charge in [-0.2, -0.15) is 0 Å². The molecule has 0 fully saturated rings. The largest absolute Gasteiger partial charge is 0.480 e. The van der Waals surface area contributed by atoms with Crippen molar-refractivity contribution < 1.29 is 19.5 Å². The molecule has 6 heteroatoms. The van der Waals surface area contributed by atoms with Crippen molar-refractivity contribution in [3.63, 3.8) is 0 Å². The normalized spacial score (nSPS) is 11.4. The van der Waals surface area contributed by atoms with Crippen LogP contribution in [0.2, 0.25) is 0 Å². The number of carboxylic acids is 1. The topological polar surface area (TPSA) is 95.5 Å². The summed E-state index contributed by atoms with van der Waals surface area (Å²) in [4.78, 5) is 34.8. The van der Waals surface area contributed by atoms with Gasteiger partial charge in [-0.25, -0.2) is 4.79 Å². The molecule has 2 aromatic carbocycles. The number of aryl methyl sites for hydroxylation is 1. The van der Waals surface area contributed by atoms with Crippen LogP contribution in [0, 0.1) is 6.92 Å². The zero-order valence-corrected chi connectivity index (χ0v) is 14.1.